The summed E-state index contributed by atoms with van der Waals surface area (Å²) in [4.78, 5) is 2.51. The molecule has 1 saturated carbocycles. The monoisotopic (exact) mass is 251 g/mol. The second kappa shape index (κ2) is 3.95. The summed E-state index contributed by atoms with van der Waals surface area (Å²) in [5.41, 5.74) is 3.82. The smallest absolute Gasteiger partial charge is 0.150 e. The largest absolute Gasteiger partial charge is 0.371 e. The molecule has 102 valence electrons. The van der Waals surface area contributed by atoms with E-state index in [1.165, 1.54) is 44.3 Å². The quantitative estimate of drug-likeness (QED) is 0.737. The Hall–Kier alpha value is -0.580. The highest BCUT2D eigenvalue weighted by Crippen LogP contribution is 2.52. The third kappa shape index (κ3) is 1.70. The van der Waals surface area contributed by atoms with E-state index < -0.39 is 5.72 Å². The summed E-state index contributed by atoms with van der Waals surface area (Å²) < 4.78 is 0. The van der Waals surface area contributed by atoms with Crippen LogP contribution in [0.4, 0.5) is 0 Å². The summed E-state index contributed by atoms with van der Waals surface area (Å²) in [5, 5.41) is 12.3. The lowest BCUT2D eigenvalue weighted by molar-refractivity contribution is 0.0275. The van der Waals surface area contributed by atoms with Crippen LogP contribution in [0.15, 0.2) is 11.8 Å². The average Bonchev–Trinajstić information content (AvgIpc) is 2.78. The van der Waals surface area contributed by atoms with Gasteiger partial charge in [-0.05, 0) is 45.9 Å². The van der Waals surface area contributed by atoms with Crippen molar-refractivity contribution in [2.24, 2.45) is 5.41 Å². The molecule has 2 fully saturated rings. The first kappa shape index (κ1) is 12.5. The molecule has 2 aliphatic heterocycles. The lowest BCUT2D eigenvalue weighted by Gasteiger charge is -2.44. The van der Waals surface area contributed by atoms with E-state index in [0.717, 1.165) is 0 Å². The minimum Gasteiger partial charge on any atom is -0.371 e. The minimum atomic E-state index is -0.887. The van der Waals surface area contributed by atoms with E-state index in [0.29, 0.717) is 6.04 Å². The molecule has 0 aromatic rings. The highest BCUT2D eigenvalue weighted by atomic mass is 16.3. The lowest BCUT2D eigenvalue weighted by atomic mass is 9.68. The molecule has 1 saturated heterocycles. The van der Waals surface area contributed by atoms with Crippen molar-refractivity contribution in [3.63, 3.8) is 0 Å². The van der Waals surface area contributed by atoms with Crippen LogP contribution < -0.4 is 5.43 Å². The average molecular weight is 251 g/mol. The molecule has 18 heavy (non-hydrogen) atoms. The second-order valence-electron chi connectivity index (χ2n) is 6.50. The predicted octanol–water partition coefficient (Wildman–Crippen LogP) is 1.29. The van der Waals surface area contributed by atoms with Gasteiger partial charge in [-0.25, -0.2) is 5.43 Å². The molecule has 0 bridgehead atoms. The molecule has 0 aromatic heterocycles. The molecule has 3 atom stereocenters. The van der Waals surface area contributed by atoms with Gasteiger partial charge in [0.25, 0.3) is 0 Å². The standard InChI is InChI=1S/C14H25N3O/c1-13(18)10-12(17(3)15-13)14-7-5-4-6-11(14)16(2)9-8-14/h10-11,15,18H,4-9H2,1-3H3/t11-,13?,14+/m1/s1. The van der Waals surface area contributed by atoms with Gasteiger partial charge in [0, 0.05) is 24.2 Å². The van der Waals surface area contributed by atoms with Gasteiger partial charge >= 0.3 is 0 Å². The van der Waals surface area contributed by atoms with E-state index in [4.69, 9.17) is 0 Å². The van der Waals surface area contributed by atoms with Crippen molar-refractivity contribution in [2.45, 2.75) is 50.8 Å². The summed E-state index contributed by atoms with van der Waals surface area (Å²) in [6.45, 7) is 3.00. The van der Waals surface area contributed by atoms with Crippen LogP contribution in [0.2, 0.25) is 0 Å². The molecular weight excluding hydrogens is 226 g/mol. The summed E-state index contributed by atoms with van der Waals surface area (Å²) in [7, 11) is 4.28. The van der Waals surface area contributed by atoms with E-state index >= 15 is 0 Å². The first-order valence-electron chi connectivity index (χ1n) is 7.12. The third-order valence-corrected chi connectivity index (χ3v) is 5.11. The number of nitrogens with zero attached hydrogens (tertiary/aromatic N) is 2. The van der Waals surface area contributed by atoms with Gasteiger partial charge < -0.3 is 15.0 Å². The van der Waals surface area contributed by atoms with Crippen LogP contribution in [0.25, 0.3) is 0 Å². The van der Waals surface area contributed by atoms with Crippen molar-refractivity contribution in [1.29, 1.82) is 0 Å². The van der Waals surface area contributed by atoms with Gasteiger partial charge in [0.2, 0.25) is 0 Å². The molecule has 4 nitrogen and oxygen atoms in total. The number of nitrogens with one attached hydrogen (secondary N) is 1. The number of fused-ring (bicyclic) bond motifs is 1. The van der Waals surface area contributed by atoms with Crippen molar-refractivity contribution in [1.82, 2.24) is 15.3 Å². The fraction of sp³-hybridized carbons (Fsp3) is 0.857. The zero-order chi connectivity index (χ0) is 13.0. The first-order chi connectivity index (χ1) is 8.45. The minimum absolute atomic E-state index is 0.259. The van der Waals surface area contributed by atoms with Crippen LogP contribution in [-0.2, 0) is 0 Å². The molecule has 3 rings (SSSR count). The zero-order valence-electron chi connectivity index (χ0n) is 11.7. The van der Waals surface area contributed by atoms with E-state index in [-0.39, 0.29) is 5.41 Å². The third-order valence-electron chi connectivity index (χ3n) is 5.11. The molecule has 1 unspecified atom stereocenters. The Balaban J connectivity index is 1.98. The van der Waals surface area contributed by atoms with Crippen LogP contribution in [0.5, 0.6) is 0 Å². The summed E-state index contributed by atoms with van der Waals surface area (Å²) in [6, 6.07) is 0.649. The fourth-order valence-electron chi connectivity index (χ4n) is 4.39. The van der Waals surface area contributed by atoms with Crippen LogP contribution >= 0.6 is 0 Å². The van der Waals surface area contributed by atoms with Crippen molar-refractivity contribution in [3.8, 4) is 0 Å². The molecule has 0 radical (unpaired) electrons. The second-order valence-corrected chi connectivity index (χ2v) is 6.50. The van der Waals surface area contributed by atoms with Crippen molar-refractivity contribution >= 4 is 0 Å². The van der Waals surface area contributed by atoms with Gasteiger partial charge in [-0.2, -0.15) is 0 Å². The Morgan fingerprint density at radius 2 is 2.11 bits per heavy atom. The molecule has 2 N–H and O–H groups in total. The Labute approximate surface area is 110 Å². The number of rotatable bonds is 1. The first-order valence-corrected chi connectivity index (χ1v) is 7.12. The van der Waals surface area contributed by atoms with Crippen LogP contribution in [-0.4, -0.2) is 47.4 Å². The van der Waals surface area contributed by atoms with Gasteiger partial charge in [0.1, 0.15) is 0 Å². The highest BCUT2D eigenvalue weighted by molar-refractivity contribution is 5.26. The van der Waals surface area contributed by atoms with Crippen LogP contribution in [0, 0.1) is 5.41 Å². The van der Waals surface area contributed by atoms with Crippen molar-refractivity contribution in [2.75, 3.05) is 20.6 Å². The van der Waals surface area contributed by atoms with Gasteiger partial charge in [-0.15, -0.1) is 0 Å². The molecule has 0 aromatic carbocycles. The fourth-order valence-corrected chi connectivity index (χ4v) is 4.39. The maximum Gasteiger partial charge on any atom is 0.150 e. The summed E-state index contributed by atoms with van der Waals surface area (Å²) in [6.07, 6.45) is 8.47. The molecular formula is C14H25N3O. The van der Waals surface area contributed by atoms with Crippen molar-refractivity contribution < 1.29 is 5.11 Å². The Bertz CT molecular complexity index is 375. The summed E-state index contributed by atoms with van der Waals surface area (Å²) in [5.74, 6) is 0. The SMILES string of the molecule is CN1NC(C)(O)C=C1[C@]12CCCC[C@H]1N(C)CC2. The van der Waals surface area contributed by atoms with E-state index in [2.05, 4.69) is 22.4 Å². The number of hydrogen-bond acceptors (Lipinski definition) is 4. The molecule has 0 spiro atoms. The van der Waals surface area contributed by atoms with E-state index in [1.54, 1.807) is 0 Å². The highest BCUT2D eigenvalue weighted by Gasteiger charge is 2.52. The number of hydrazine groups is 1. The van der Waals surface area contributed by atoms with Gasteiger partial charge in [0.05, 0.1) is 0 Å². The molecule has 4 heteroatoms. The zero-order valence-corrected chi connectivity index (χ0v) is 11.7. The van der Waals surface area contributed by atoms with Gasteiger partial charge in [-0.1, -0.05) is 12.8 Å². The molecule has 2 heterocycles. The predicted molar refractivity (Wildman–Crippen MR) is 71.5 cm³/mol. The Morgan fingerprint density at radius 3 is 2.78 bits per heavy atom. The normalized spacial score (nSPS) is 45.2. The molecule has 0 amide bonds. The van der Waals surface area contributed by atoms with Gasteiger partial charge in [-0.3, -0.25) is 0 Å². The summed E-state index contributed by atoms with van der Waals surface area (Å²) >= 11 is 0. The van der Waals surface area contributed by atoms with Crippen molar-refractivity contribution in [3.05, 3.63) is 11.8 Å². The number of likely N-dealkylation sites (tertiary alicyclic amines) is 1. The number of aliphatic hydroxyl groups is 1. The van der Waals surface area contributed by atoms with E-state index in [1.807, 2.05) is 20.0 Å². The van der Waals surface area contributed by atoms with Gasteiger partial charge in [0.15, 0.2) is 5.72 Å². The lowest BCUT2D eigenvalue weighted by Crippen LogP contribution is -2.48. The topological polar surface area (TPSA) is 38.7 Å². The molecule has 1 aliphatic carbocycles. The maximum absolute atomic E-state index is 10.2. The Kier molecular flexibility index (Phi) is 2.74. The molecule has 3 aliphatic rings. The number of hydrogen-bond donors (Lipinski definition) is 2. The van der Waals surface area contributed by atoms with E-state index in [9.17, 15) is 5.11 Å². The van der Waals surface area contributed by atoms with Crippen LogP contribution in [0.3, 0.4) is 0 Å². The van der Waals surface area contributed by atoms with Crippen LogP contribution in [0.1, 0.15) is 39.0 Å². The maximum atomic E-state index is 10.2. The Morgan fingerprint density at radius 1 is 1.33 bits per heavy atom.